The highest BCUT2D eigenvalue weighted by molar-refractivity contribution is 14.0. The number of ether oxygens (including phenoxy) is 2. The SMILES string of the molecule is CCNC(=NCc1ccc(OC)c(OC)c1)NCC(c1c(F)cccc1F)N(C)C.I. The predicted molar refractivity (Wildman–Crippen MR) is 131 cm³/mol. The fraction of sp³-hybridized carbons (Fsp3) is 0.409. The van der Waals surface area contributed by atoms with E-state index in [1.165, 1.54) is 18.2 Å². The maximum absolute atomic E-state index is 14.3. The standard InChI is InChI=1S/C22H30F2N4O2.HI/c1-6-25-22(26-13-15-10-11-19(29-4)20(12-15)30-5)27-14-18(28(2)3)21-16(23)8-7-9-17(21)24;/h7-12,18H,6,13-14H2,1-5H3,(H2,25,26,27);1H. The molecule has 0 aliphatic heterocycles. The van der Waals surface area contributed by atoms with Crippen LogP contribution in [0.3, 0.4) is 0 Å². The first-order chi connectivity index (χ1) is 14.4. The summed E-state index contributed by atoms with van der Waals surface area (Å²) in [6.07, 6.45) is 0. The van der Waals surface area contributed by atoms with Crippen LogP contribution in [0.4, 0.5) is 8.78 Å². The van der Waals surface area contributed by atoms with Gasteiger partial charge in [-0.05, 0) is 50.8 Å². The van der Waals surface area contributed by atoms with Gasteiger partial charge in [-0.1, -0.05) is 12.1 Å². The lowest BCUT2D eigenvalue weighted by Gasteiger charge is -2.26. The molecule has 2 aromatic carbocycles. The van der Waals surface area contributed by atoms with Gasteiger partial charge in [0.1, 0.15) is 11.6 Å². The number of benzene rings is 2. The van der Waals surface area contributed by atoms with Gasteiger partial charge in [0.25, 0.3) is 0 Å². The summed E-state index contributed by atoms with van der Waals surface area (Å²) in [6.45, 7) is 3.28. The number of guanidine groups is 1. The van der Waals surface area contributed by atoms with E-state index in [9.17, 15) is 8.78 Å². The minimum absolute atomic E-state index is 0. The molecule has 0 aromatic heterocycles. The van der Waals surface area contributed by atoms with Crippen LogP contribution in [0.25, 0.3) is 0 Å². The van der Waals surface area contributed by atoms with Crippen molar-refractivity contribution in [1.82, 2.24) is 15.5 Å². The van der Waals surface area contributed by atoms with E-state index in [-0.39, 0.29) is 36.1 Å². The van der Waals surface area contributed by atoms with E-state index in [0.29, 0.717) is 30.5 Å². The molecule has 2 aromatic rings. The molecule has 172 valence electrons. The van der Waals surface area contributed by atoms with E-state index in [0.717, 1.165) is 5.56 Å². The van der Waals surface area contributed by atoms with E-state index >= 15 is 0 Å². The van der Waals surface area contributed by atoms with Crippen LogP contribution in [0.2, 0.25) is 0 Å². The number of hydrogen-bond acceptors (Lipinski definition) is 4. The van der Waals surface area contributed by atoms with Gasteiger partial charge in [-0.15, -0.1) is 24.0 Å². The summed E-state index contributed by atoms with van der Waals surface area (Å²) in [7, 11) is 6.74. The third-order valence-corrected chi connectivity index (χ3v) is 4.63. The summed E-state index contributed by atoms with van der Waals surface area (Å²) in [5.41, 5.74) is 0.972. The molecule has 0 fully saturated rings. The average molecular weight is 548 g/mol. The fourth-order valence-corrected chi connectivity index (χ4v) is 3.06. The van der Waals surface area contributed by atoms with Gasteiger partial charge < -0.3 is 25.0 Å². The highest BCUT2D eigenvalue weighted by atomic mass is 127. The third kappa shape index (κ3) is 7.49. The van der Waals surface area contributed by atoms with Crippen molar-refractivity contribution in [3.63, 3.8) is 0 Å². The zero-order chi connectivity index (χ0) is 22.1. The second kappa shape index (κ2) is 13.3. The highest BCUT2D eigenvalue weighted by Gasteiger charge is 2.22. The lowest BCUT2D eigenvalue weighted by atomic mass is 10.0. The molecule has 9 heteroatoms. The van der Waals surface area contributed by atoms with Crippen LogP contribution in [0.1, 0.15) is 24.1 Å². The van der Waals surface area contributed by atoms with Crippen molar-refractivity contribution in [2.75, 3.05) is 41.4 Å². The van der Waals surface area contributed by atoms with Gasteiger partial charge >= 0.3 is 0 Å². The lowest BCUT2D eigenvalue weighted by Crippen LogP contribution is -2.42. The minimum Gasteiger partial charge on any atom is -0.493 e. The number of rotatable bonds is 9. The first-order valence-corrected chi connectivity index (χ1v) is 9.74. The van der Waals surface area contributed by atoms with E-state index in [1.54, 1.807) is 33.2 Å². The Morgan fingerprint density at radius 1 is 1.03 bits per heavy atom. The number of nitrogens with one attached hydrogen (secondary N) is 2. The van der Waals surface area contributed by atoms with Crippen LogP contribution >= 0.6 is 24.0 Å². The van der Waals surface area contributed by atoms with Gasteiger partial charge in [0.05, 0.1) is 26.8 Å². The molecule has 2 rings (SSSR count). The Kier molecular flexibility index (Phi) is 11.5. The quantitative estimate of drug-likeness (QED) is 0.283. The largest absolute Gasteiger partial charge is 0.493 e. The predicted octanol–water partition coefficient (Wildman–Crippen LogP) is 3.96. The monoisotopic (exact) mass is 548 g/mol. The molecule has 0 amide bonds. The summed E-state index contributed by atoms with van der Waals surface area (Å²) in [5, 5.41) is 6.34. The van der Waals surface area contributed by atoms with E-state index in [2.05, 4.69) is 15.6 Å². The number of halogens is 3. The molecular formula is C22H31F2IN4O2. The van der Waals surface area contributed by atoms with Gasteiger partial charge in [0, 0.05) is 18.7 Å². The van der Waals surface area contributed by atoms with Gasteiger partial charge in [-0.3, -0.25) is 0 Å². The van der Waals surface area contributed by atoms with Crippen molar-refractivity contribution in [3.05, 3.63) is 59.2 Å². The molecule has 0 bridgehead atoms. The summed E-state index contributed by atoms with van der Waals surface area (Å²) in [4.78, 5) is 6.35. The second-order valence-electron chi connectivity index (χ2n) is 6.88. The molecule has 0 saturated carbocycles. The van der Waals surface area contributed by atoms with Crippen molar-refractivity contribution >= 4 is 29.9 Å². The second-order valence-corrected chi connectivity index (χ2v) is 6.88. The van der Waals surface area contributed by atoms with Crippen molar-refractivity contribution in [1.29, 1.82) is 0 Å². The van der Waals surface area contributed by atoms with Gasteiger partial charge in [0.15, 0.2) is 17.5 Å². The van der Waals surface area contributed by atoms with Crippen LogP contribution in [0.5, 0.6) is 11.5 Å². The maximum Gasteiger partial charge on any atom is 0.191 e. The number of hydrogen-bond donors (Lipinski definition) is 2. The van der Waals surface area contributed by atoms with Crippen molar-refractivity contribution in [3.8, 4) is 11.5 Å². The first-order valence-electron chi connectivity index (χ1n) is 9.74. The van der Waals surface area contributed by atoms with Crippen molar-refractivity contribution < 1.29 is 18.3 Å². The third-order valence-electron chi connectivity index (χ3n) is 4.63. The number of likely N-dealkylation sites (N-methyl/N-ethyl adjacent to an activating group) is 1. The number of methoxy groups -OCH3 is 2. The molecule has 2 N–H and O–H groups in total. The fourth-order valence-electron chi connectivity index (χ4n) is 3.06. The van der Waals surface area contributed by atoms with Crippen molar-refractivity contribution in [2.24, 2.45) is 4.99 Å². The Bertz CT molecular complexity index is 845. The Labute approximate surface area is 200 Å². The Morgan fingerprint density at radius 2 is 1.68 bits per heavy atom. The summed E-state index contributed by atoms with van der Waals surface area (Å²) < 4.78 is 39.1. The molecule has 31 heavy (non-hydrogen) atoms. The summed E-state index contributed by atoms with van der Waals surface area (Å²) >= 11 is 0. The zero-order valence-electron chi connectivity index (χ0n) is 18.5. The first kappa shape index (κ1) is 26.9. The van der Waals surface area contributed by atoms with Crippen LogP contribution in [0.15, 0.2) is 41.4 Å². The van der Waals surface area contributed by atoms with Gasteiger partial charge in [-0.25, -0.2) is 13.8 Å². The lowest BCUT2D eigenvalue weighted by molar-refractivity contribution is 0.282. The maximum atomic E-state index is 14.3. The van der Waals surface area contributed by atoms with Crippen molar-refractivity contribution in [2.45, 2.75) is 19.5 Å². The Morgan fingerprint density at radius 3 is 2.23 bits per heavy atom. The summed E-state index contributed by atoms with van der Waals surface area (Å²) in [5.74, 6) is 0.697. The molecule has 1 unspecified atom stereocenters. The molecular weight excluding hydrogens is 517 g/mol. The number of nitrogens with zero attached hydrogens (tertiary/aromatic N) is 2. The Balaban J connectivity index is 0.00000480. The van der Waals surface area contributed by atoms with Crippen LogP contribution in [-0.2, 0) is 6.54 Å². The smallest absolute Gasteiger partial charge is 0.191 e. The van der Waals surface area contributed by atoms with E-state index in [4.69, 9.17) is 9.47 Å². The number of aliphatic imine (C=N–C) groups is 1. The Hall–Kier alpha value is -2.14. The van der Waals surface area contributed by atoms with Crippen LogP contribution < -0.4 is 20.1 Å². The topological polar surface area (TPSA) is 58.1 Å². The highest BCUT2D eigenvalue weighted by Crippen LogP contribution is 2.28. The molecule has 6 nitrogen and oxygen atoms in total. The van der Waals surface area contributed by atoms with Crippen LogP contribution in [-0.4, -0.2) is 52.3 Å². The molecule has 0 heterocycles. The molecule has 0 saturated heterocycles. The normalized spacial score (nSPS) is 12.2. The van der Waals surface area contributed by atoms with E-state index < -0.39 is 17.7 Å². The molecule has 0 radical (unpaired) electrons. The van der Waals surface area contributed by atoms with Gasteiger partial charge in [0.2, 0.25) is 0 Å². The van der Waals surface area contributed by atoms with Gasteiger partial charge in [-0.2, -0.15) is 0 Å². The average Bonchev–Trinajstić information content (AvgIpc) is 2.73. The molecule has 0 spiro atoms. The minimum atomic E-state index is -0.567. The molecule has 1 atom stereocenters. The molecule has 0 aliphatic carbocycles. The summed E-state index contributed by atoms with van der Waals surface area (Å²) in [6, 6.07) is 9.00. The van der Waals surface area contributed by atoms with E-state index in [1.807, 2.05) is 25.1 Å². The van der Waals surface area contributed by atoms with Crippen LogP contribution in [0, 0.1) is 11.6 Å². The molecule has 0 aliphatic rings. The zero-order valence-corrected chi connectivity index (χ0v) is 20.9.